The molecule has 2 aliphatic heterocycles. The summed E-state index contributed by atoms with van der Waals surface area (Å²) >= 11 is 0. The third-order valence-electron chi connectivity index (χ3n) is 8.16. The molecule has 0 aromatic heterocycles. The molecule has 0 saturated carbocycles. The second kappa shape index (κ2) is 15.2. The molecule has 1 saturated heterocycles. The number of ether oxygens (including phenoxy) is 3. The van der Waals surface area contributed by atoms with E-state index in [4.69, 9.17) is 14.2 Å². The van der Waals surface area contributed by atoms with Crippen molar-refractivity contribution in [3.63, 3.8) is 0 Å². The number of nitrogens with zero attached hydrogens (tertiary/aromatic N) is 3. The van der Waals surface area contributed by atoms with Crippen molar-refractivity contribution >= 4 is 27.5 Å². The van der Waals surface area contributed by atoms with Gasteiger partial charge in [0, 0.05) is 56.8 Å². The number of fused-ring (bicyclic) bond motifs is 1. The molecular weight excluding hydrogens is 588 g/mol. The maximum absolute atomic E-state index is 13.5. The molecule has 0 unspecified atom stereocenters. The van der Waals surface area contributed by atoms with Crippen molar-refractivity contribution in [3.8, 4) is 11.5 Å². The molecule has 4 rings (SSSR count). The maximum atomic E-state index is 13.5. The van der Waals surface area contributed by atoms with Gasteiger partial charge in [0.05, 0.1) is 50.8 Å². The molecule has 0 radical (unpaired) electrons. The van der Waals surface area contributed by atoms with Gasteiger partial charge in [-0.25, -0.2) is 8.42 Å². The van der Waals surface area contributed by atoms with E-state index in [9.17, 15) is 23.1 Å². The number of sulfonamides is 1. The van der Waals surface area contributed by atoms with Gasteiger partial charge in [-0.05, 0) is 49.4 Å². The van der Waals surface area contributed by atoms with Gasteiger partial charge in [-0.3, -0.25) is 14.5 Å². The second-order valence-corrected chi connectivity index (χ2v) is 13.5. The van der Waals surface area contributed by atoms with E-state index in [2.05, 4.69) is 10.2 Å². The van der Waals surface area contributed by atoms with Crippen LogP contribution in [0.1, 0.15) is 25.8 Å². The third-order valence-corrected chi connectivity index (χ3v) is 10.0. The van der Waals surface area contributed by atoms with E-state index in [1.807, 2.05) is 6.92 Å². The Morgan fingerprint density at radius 1 is 1.18 bits per heavy atom. The molecule has 2 N–H and O–H groups in total. The molecule has 2 heterocycles. The summed E-state index contributed by atoms with van der Waals surface area (Å²) in [6.45, 7) is 7.27. The summed E-state index contributed by atoms with van der Waals surface area (Å²) in [5, 5.41) is 12.8. The van der Waals surface area contributed by atoms with Crippen molar-refractivity contribution < 1.29 is 37.3 Å². The van der Waals surface area contributed by atoms with E-state index in [1.165, 1.54) is 30.6 Å². The van der Waals surface area contributed by atoms with Gasteiger partial charge >= 0.3 is 0 Å². The molecule has 0 bridgehead atoms. The molecule has 0 spiro atoms. The molecule has 12 nitrogen and oxygen atoms in total. The van der Waals surface area contributed by atoms with Crippen LogP contribution < -0.4 is 14.8 Å². The predicted molar refractivity (Wildman–Crippen MR) is 165 cm³/mol. The summed E-state index contributed by atoms with van der Waals surface area (Å²) in [4.78, 5) is 30.2. The molecule has 44 heavy (non-hydrogen) atoms. The van der Waals surface area contributed by atoms with Crippen LogP contribution in [0, 0.1) is 5.92 Å². The van der Waals surface area contributed by atoms with Crippen LogP contribution in [0.5, 0.6) is 11.5 Å². The normalized spacial score (nSPS) is 20.6. The highest BCUT2D eigenvalue weighted by atomic mass is 32.2. The number of anilines is 1. The van der Waals surface area contributed by atoms with Crippen LogP contribution in [0.25, 0.3) is 0 Å². The number of hydrogen-bond acceptors (Lipinski definition) is 9. The summed E-state index contributed by atoms with van der Waals surface area (Å²) in [7, 11) is -0.844. The lowest BCUT2D eigenvalue weighted by atomic mass is 10.0. The number of methoxy groups -OCH3 is 1. The first-order valence-electron chi connectivity index (χ1n) is 14.9. The van der Waals surface area contributed by atoms with Crippen molar-refractivity contribution in [2.24, 2.45) is 5.92 Å². The number of benzene rings is 2. The van der Waals surface area contributed by atoms with Gasteiger partial charge in [0.1, 0.15) is 17.6 Å². The fraction of sp³-hybridized carbons (Fsp3) is 0.548. The summed E-state index contributed by atoms with van der Waals surface area (Å²) < 4.78 is 45.1. The largest absolute Gasteiger partial charge is 0.497 e. The molecule has 13 heteroatoms. The van der Waals surface area contributed by atoms with E-state index in [0.717, 1.165) is 13.1 Å². The van der Waals surface area contributed by atoms with Gasteiger partial charge in [0.2, 0.25) is 21.8 Å². The third kappa shape index (κ3) is 8.48. The molecule has 242 valence electrons. The number of carbonyl (C=O) groups excluding carboxylic acids is 2. The Labute approximate surface area is 259 Å². The zero-order chi connectivity index (χ0) is 31.9. The Morgan fingerprint density at radius 2 is 1.89 bits per heavy atom. The molecular formula is C31H44N4O8S. The number of nitrogens with one attached hydrogen (secondary N) is 1. The summed E-state index contributed by atoms with van der Waals surface area (Å²) in [5.74, 6) is 0.368. The van der Waals surface area contributed by atoms with Gasteiger partial charge in [0.15, 0.2) is 0 Å². The molecule has 2 aliphatic rings. The molecule has 2 amide bonds. The standard InChI is InChI=1S/C31H44N4O8S/c1-22-19-35(23(2)21-36)31(38)18-24-17-25(32-30(37)11-12-34-13-15-42-16-14-34)5-10-28(24)43-29(22)20-33(3)44(39,40)27-8-6-26(41-4)7-9-27/h5-10,17,22-23,29,36H,11-16,18-21H2,1-4H3,(H,32,37)/t22-,23-,29+/m0/s1. The fourth-order valence-electron chi connectivity index (χ4n) is 5.31. The van der Waals surface area contributed by atoms with Crippen LogP contribution >= 0.6 is 0 Å². The zero-order valence-electron chi connectivity index (χ0n) is 25.9. The van der Waals surface area contributed by atoms with E-state index >= 15 is 0 Å². The highest BCUT2D eigenvalue weighted by molar-refractivity contribution is 7.89. The van der Waals surface area contributed by atoms with E-state index in [1.54, 1.807) is 42.2 Å². The van der Waals surface area contributed by atoms with Crippen molar-refractivity contribution in [2.45, 2.75) is 43.7 Å². The average Bonchev–Trinajstić information content (AvgIpc) is 3.07. The van der Waals surface area contributed by atoms with Crippen LogP contribution in [0.15, 0.2) is 47.4 Å². The van der Waals surface area contributed by atoms with E-state index < -0.39 is 22.2 Å². The van der Waals surface area contributed by atoms with Gasteiger partial charge in [-0.2, -0.15) is 4.31 Å². The lowest BCUT2D eigenvalue weighted by molar-refractivity contribution is -0.134. The van der Waals surface area contributed by atoms with Gasteiger partial charge in [0.25, 0.3) is 0 Å². The average molecular weight is 633 g/mol. The minimum atomic E-state index is -3.85. The fourth-order valence-corrected chi connectivity index (χ4v) is 6.50. The monoisotopic (exact) mass is 632 g/mol. The maximum Gasteiger partial charge on any atom is 0.242 e. The van der Waals surface area contributed by atoms with Gasteiger partial charge in [-0.1, -0.05) is 6.92 Å². The van der Waals surface area contributed by atoms with Crippen molar-refractivity contribution in [1.29, 1.82) is 0 Å². The number of morpholine rings is 1. The molecule has 1 fully saturated rings. The van der Waals surface area contributed by atoms with E-state index in [-0.39, 0.29) is 48.7 Å². The lowest BCUT2D eigenvalue weighted by Gasteiger charge is -2.33. The highest BCUT2D eigenvalue weighted by Crippen LogP contribution is 2.30. The summed E-state index contributed by atoms with van der Waals surface area (Å²) in [6, 6.07) is 10.9. The number of amides is 2. The number of carbonyl (C=O) groups is 2. The Bertz CT molecular complexity index is 1380. The lowest BCUT2D eigenvalue weighted by Crippen LogP contribution is -2.48. The number of hydrogen-bond donors (Lipinski definition) is 2. The first kappa shape index (κ1) is 33.7. The van der Waals surface area contributed by atoms with Gasteiger partial charge < -0.3 is 29.5 Å². The number of aliphatic hydroxyl groups is 1. The SMILES string of the molecule is COc1ccc(S(=O)(=O)N(C)C[C@H]2Oc3ccc(NC(=O)CCN4CCOCC4)cc3CC(=O)N([C@@H](C)CO)C[C@@H]2C)cc1. The van der Waals surface area contributed by atoms with E-state index in [0.29, 0.717) is 48.9 Å². The second-order valence-electron chi connectivity index (χ2n) is 11.4. The first-order valence-corrected chi connectivity index (χ1v) is 16.4. The Balaban J connectivity index is 1.55. The summed E-state index contributed by atoms with van der Waals surface area (Å²) in [5.41, 5.74) is 1.10. The van der Waals surface area contributed by atoms with Crippen LogP contribution in [0.2, 0.25) is 0 Å². The smallest absolute Gasteiger partial charge is 0.242 e. The Kier molecular flexibility index (Phi) is 11.6. The van der Waals surface area contributed by atoms with Crippen LogP contribution in [0.4, 0.5) is 5.69 Å². The Hall–Kier alpha value is -3.23. The molecule has 3 atom stereocenters. The summed E-state index contributed by atoms with van der Waals surface area (Å²) in [6.07, 6.45) is -0.306. The molecule has 2 aromatic rings. The first-order chi connectivity index (χ1) is 21.0. The van der Waals surface area contributed by atoms with Gasteiger partial charge in [-0.15, -0.1) is 0 Å². The van der Waals surface area contributed by atoms with Crippen molar-refractivity contribution in [2.75, 3.05) is 72.0 Å². The number of likely N-dealkylation sites (N-methyl/N-ethyl adjacent to an activating group) is 1. The highest BCUT2D eigenvalue weighted by Gasteiger charge is 2.33. The molecule has 2 aromatic carbocycles. The van der Waals surface area contributed by atoms with Crippen LogP contribution in [-0.4, -0.2) is 118 Å². The number of aliphatic hydroxyl groups excluding tert-OH is 1. The quantitative estimate of drug-likeness (QED) is 0.380. The zero-order valence-corrected chi connectivity index (χ0v) is 26.7. The van der Waals surface area contributed by atoms with Crippen molar-refractivity contribution in [3.05, 3.63) is 48.0 Å². The molecule has 0 aliphatic carbocycles. The topological polar surface area (TPSA) is 138 Å². The van der Waals surface area contributed by atoms with Crippen LogP contribution in [-0.2, 0) is 30.8 Å². The minimum absolute atomic E-state index is 0.00339. The minimum Gasteiger partial charge on any atom is -0.497 e. The van der Waals surface area contributed by atoms with Crippen LogP contribution in [0.3, 0.4) is 0 Å². The Morgan fingerprint density at radius 3 is 2.55 bits per heavy atom. The predicted octanol–water partition coefficient (Wildman–Crippen LogP) is 1.83. The number of rotatable bonds is 11. The van der Waals surface area contributed by atoms with Crippen molar-refractivity contribution in [1.82, 2.24) is 14.1 Å².